The molecule has 2 aromatic rings. The summed E-state index contributed by atoms with van der Waals surface area (Å²) in [6.45, 7) is 0. The number of methoxy groups -OCH3 is 1. The standard InChI is InChI=1S/C11H11N3O3/c1-17-11(16)10(15)8-2-4-9(5-3-8)14-7-12-6-13-14/h2-7,10,15H,1H3. The largest absolute Gasteiger partial charge is 0.467 e. The molecule has 0 aliphatic heterocycles. The Morgan fingerprint density at radius 2 is 2.12 bits per heavy atom. The minimum Gasteiger partial charge on any atom is -0.467 e. The van der Waals surface area contributed by atoms with E-state index in [4.69, 9.17) is 0 Å². The van der Waals surface area contributed by atoms with Gasteiger partial charge in [0.1, 0.15) is 12.7 Å². The summed E-state index contributed by atoms with van der Waals surface area (Å²) in [5.74, 6) is -0.682. The first-order valence-corrected chi connectivity index (χ1v) is 4.93. The zero-order valence-corrected chi connectivity index (χ0v) is 9.15. The second-order valence-electron chi connectivity index (χ2n) is 3.36. The van der Waals surface area contributed by atoms with Crippen LogP contribution in [0.4, 0.5) is 0 Å². The fourth-order valence-corrected chi connectivity index (χ4v) is 1.40. The van der Waals surface area contributed by atoms with Crippen LogP contribution in [0, 0.1) is 0 Å². The van der Waals surface area contributed by atoms with Crippen molar-refractivity contribution < 1.29 is 14.6 Å². The molecule has 0 amide bonds. The maximum Gasteiger partial charge on any atom is 0.339 e. The van der Waals surface area contributed by atoms with Crippen LogP contribution >= 0.6 is 0 Å². The summed E-state index contributed by atoms with van der Waals surface area (Å²) in [4.78, 5) is 15.0. The van der Waals surface area contributed by atoms with Crippen molar-refractivity contribution in [2.75, 3.05) is 7.11 Å². The first-order chi connectivity index (χ1) is 8.22. The fourth-order valence-electron chi connectivity index (χ4n) is 1.40. The van der Waals surface area contributed by atoms with E-state index in [-0.39, 0.29) is 0 Å². The van der Waals surface area contributed by atoms with Crippen molar-refractivity contribution in [2.45, 2.75) is 6.10 Å². The number of esters is 1. The number of aliphatic hydroxyl groups is 1. The number of nitrogens with zero attached hydrogens (tertiary/aromatic N) is 3. The third-order valence-electron chi connectivity index (χ3n) is 2.32. The highest BCUT2D eigenvalue weighted by molar-refractivity contribution is 5.76. The molecule has 88 valence electrons. The monoisotopic (exact) mass is 233 g/mol. The molecule has 0 saturated heterocycles. The third kappa shape index (κ3) is 2.31. The molecule has 6 heteroatoms. The topological polar surface area (TPSA) is 77.2 Å². The minimum absolute atomic E-state index is 0.473. The Balaban J connectivity index is 2.21. The second-order valence-corrected chi connectivity index (χ2v) is 3.36. The highest BCUT2D eigenvalue weighted by Crippen LogP contribution is 2.16. The molecule has 17 heavy (non-hydrogen) atoms. The van der Waals surface area contributed by atoms with Gasteiger partial charge in [-0.25, -0.2) is 14.5 Å². The van der Waals surface area contributed by atoms with Gasteiger partial charge in [0, 0.05) is 0 Å². The molecule has 1 aromatic carbocycles. The summed E-state index contributed by atoms with van der Waals surface area (Å²) in [7, 11) is 1.23. The molecule has 0 bridgehead atoms. The molecule has 0 aliphatic carbocycles. The van der Waals surface area contributed by atoms with Crippen molar-refractivity contribution in [3.05, 3.63) is 42.5 Å². The Morgan fingerprint density at radius 1 is 1.41 bits per heavy atom. The molecular weight excluding hydrogens is 222 g/mol. The zero-order valence-electron chi connectivity index (χ0n) is 9.15. The molecule has 1 unspecified atom stereocenters. The SMILES string of the molecule is COC(=O)C(O)c1ccc(-n2cncn2)cc1. The van der Waals surface area contributed by atoms with Gasteiger partial charge in [-0.05, 0) is 17.7 Å². The lowest BCUT2D eigenvalue weighted by atomic mass is 10.1. The molecule has 0 saturated carbocycles. The van der Waals surface area contributed by atoms with Gasteiger partial charge in [0.25, 0.3) is 0 Å². The van der Waals surface area contributed by atoms with Gasteiger partial charge >= 0.3 is 5.97 Å². The van der Waals surface area contributed by atoms with Crippen molar-refractivity contribution in [3.8, 4) is 5.69 Å². The number of hydrogen-bond donors (Lipinski definition) is 1. The molecular formula is C11H11N3O3. The summed E-state index contributed by atoms with van der Waals surface area (Å²) in [5, 5.41) is 13.6. The van der Waals surface area contributed by atoms with Gasteiger partial charge in [0.05, 0.1) is 12.8 Å². The van der Waals surface area contributed by atoms with Crippen LogP contribution in [0.25, 0.3) is 5.69 Å². The predicted molar refractivity (Wildman–Crippen MR) is 58.3 cm³/mol. The van der Waals surface area contributed by atoms with Gasteiger partial charge < -0.3 is 9.84 Å². The van der Waals surface area contributed by atoms with Crippen molar-refractivity contribution >= 4 is 5.97 Å². The van der Waals surface area contributed by atoms with E-state index in [1.165, 1.54) is 13.4 Å². The number of carbonyl (C=O) groups is 1. The normalized spacial score (nSPS) is 12.1. The second kappa shape index (κ2) is 4.75. The van der Waals surface area contributed by atoms with Gasteiger partial charge in [-0.2, -0.15) is 5.10 Å². The number of benzene rings is 1. The number of rotatable bonds is 3. The first-order valence-electron chi connectivity index (χ1n) is 4.93. The molecule has 1 heterocycles. The van der Waals surface area contributed by atoms with Crippen LogP contribution in [0.2, 0.25) is 0 Å². The van der Waals surface area contributed by atoms with Crippen LogP contribution in [0.1, 0.15) is 11.7 Å². The summed E-state index contributed by atoms with van der Waals surface area (Å²) in [6, 6.07) is 6.74. The number of carbonyl (C=O) groups excluding carboxylic acids is 1. The molecule has 0 radical (unpaired) electrons. The lowest BCUT2D eigenvalue weighted by molar-refractivity contribution is -0.150. The zero-order chi connectivity index (χ0) is 12.3. The van der Waals surface area contributed by atoms with E-state index >= 15 is 0 Å². The van der Waals surface area contributed by atoms with Gasteiger partial charge in [-0.15, -0.1) is 0 Å². The summed E-state index contributed by atoms with van der Waals surface area (Å²) >= 11 is 0. The van der Waals surface area contributed by atoms with Crippen molar-refractivity contribution in [1.29, 1.82) is 0 Å². The van der Waals surface area contributed by atoms with Crippen LogP contribution in [-0.2, 0) is 9.53 Å². The van der Waals surface area contributed by atoms with E-state index in [2.05, 4.69) is 14.8 Å². The molecule has 0 fully saturated rings. The van der Waals surface area contributed by atoms with Crippen LogP contribution in [-0.4, -0.2) is 33.0 Å². The molecule has 6 nitrogen and oxygen atoms in total. The highest BCUT2D eigenvalue weighted by Gasteiger charge is 2.17. The summed E-state index contributed by atoms with van der Waals surface area (Å²) < 4.78 is 6.03. The van der Waals surface area contributed by atoms with Crippen molar-refractivity contribution in [1.82, 2.24) is 14.8 Å². The van der Waals surface area contributed by atoms with E-state index < -0.39 is 12.1 Å². The number of aromatic nitrogens is 3. The van der Waals surface area contributed by atoms with Crippen LogP contribution in [0.5, 0.6) is 0 Å². The smallest absolute Gasteiger partial charge is 0.339 e. The van der Waals surface area contributed by atoms with Crippen molar-refractivity contribution in [3.63, 3.8) is 0 Å². The maximum atomic E-state index is 11.1. The number of ether oxygens (including phenoxy) is 1. The predicted octanol–water partition coefficient (Wildman–Crippen LogP) is 0.474. The Hall–Kier alpha value is -2.21. The molecule has 2 rings (SSSR count). The van der Waals surface area contributed by atoms with Gasteiger partial charge in [-0.1, -0.05) is 12.1 Å². The quantitative estimate of drug-likeness (QED) is 0.780. The lowest BCUT2D eigenvalue weighted by Crippen LogP contribution is -2.13. The molecule has 0 aliphatic rings. The molecule has 1 N–H and O–H groups in total. The minimum atomic E-state index is -1.26. The average molecular weight is 233 g/mol. The third-order valence-corrected chi connectivity index (χ3v) is 2.32. The Morgan fingerprint density at radius 3 is 2.65 bits per heavy atom. The Bertz CT molecular complexity index is 493. The molecule has 1 aromatic heterocycles. The van der Waals surface area contributed by atoms with Gasteiger partial charge in [0.15, 0.2) is 6.10 Å². The van der Waals surface area contributed by atoms with E-state index in [9.17, 15) is 9.90 Å². The highest BCUT2D eigenvalue weighted by atomic mass is 16.5. The molecule has 1 atom stereocenters. The molecule has 0 spiro atoms. The van der Waals surface area contributed by atoms with E-state index in [1.54, 1.807) is 35.3 Å². The summed E-state index contributed by atoms with van der Waals surface area (Å²) in [6.07, 6.45) is 1.73. The van der Waals surface area contributed by atoms with Crippen LogP contribution < -0.4 is 0 Å². The Kier molecular flexibility index (Phi) is 3.15. The summed E-state index contributed by atoms with van der Waals surface area (Å²) in [5.41, 5.74) is 1.27. The first kappa shape index (κ1) is 11.3. The van der Waals surface area contributed by atoms with Gasteiger partial charge in [-0.3, -0.25) is 0 Å². The van der Waals surface area contributed by atoms with E-state index in [0.717, 1.165) is 5.69 Å². The maximum absolute atomic E-state index is 11.1. The van der Waals surface area contributed by atoms with Crippen molar-refractivity contribution in [2.24, 2.45) is 0 Å². The van der Waals surface area contributed by atoms with Gasteiger partial charge in [0.2, 0.25) is 0 Å². The number of hydrogen-bond acceptors (Lipinski definition) is 5. The average Bonchev–Trinajstić information content (AvgIpc) is 2.91. The lowest BCUT2D eigenvalue weighted by Gasteiger charge is -2.09. The number of aliphatic hydroxyl groups excluding tert-OH is 1. The van der Waals surface area contributed by atoms with E-state index in [1.807, 2.05) is 0 Å². The van der Waals surface area contributed by atoms with Crippen LogP contribution in [0.3, 0.4) is 0 Å². The van der Waals surface area contributed by atoms with Crippen LogP contribution in [0.15, 0.2) is 36.9 Å². The Labute approximate surface area is 97.5 Å². The fraction of sp³-hybridized carbons (Fsp3) is 0.182. The van der Waals surface area contributed by atoms with E-state index in [0.29, 0.717) is 5.56 Å².